The third kappa shape index (κ3) is 5.17. The van der Waals surface area contributed by atoms with Crippen molar-refractivity contribution in [2.24, 2.45) is 0 Å². The zero-order valence-electron chi connectivity index (χ0n) is 15.3. The normalized spacial score (nSPS) is 10.5. The average molecular weight is 396 g/mol. The first-order valence-corrected chi connectivity index (χ1v) is 9.77. The van der Waals surface area contributed by atoms with Crippen molar-refractivity contribution in [2.45, 2.75) is 18.5 Å². The number of amides is 2. The minimum Gasteiger partial charge on any atom is -0.346 e. The number of hydrogen-bond donors (Lipinski definition) is 2. The molecule has 0 saturated heterocycles. The number of carbonyl (C=O) groups excluding carboxylic acids is 2. The molecule has 0 saturated carbocycles. The van der Waals surface area contributed by atoms with Gasteiger partial charge in [-0.05, 0) is 40.6 Å². The van der Waals surface area contributed by atoms with Gasteiger partial charge in [0.15, 0.2) is 0 Å². The van der Waals surface area contributed by atoms with E-state index in [2.05, 4.69) is 26.2 Å². The maximum Gasteiger partial charge on any atom is 0.243 e. The number of aromatic nitrogens is 4. The smallest absolute Gasteiger partial charge is 0.243 e. The predicted octanol–water partition coefficient (Wildman–Crippen LogP) is 2.07. The van der Waals surface area contributed by atoms with Gasteiger partial charge >= 0.3 is 0 Å². The largest absolute Gasteiger partial charge is 0.346 e. The summed E-state index contributed by atoms with van der Waals surface area (Å²) in [6.07, 6.45) is 0.815. The molecule has 144 valence electrons. The van der Waals surface area contributed by atoms with Crippen LogP contribution in [0.25, 0.3) is 5.69 Å². The molecule has 0 unspecified atom stereocenters. The van der Waals surface area contributed by atoms with Gasteiger partial charge in [0.25, 0.3) is 0 Å². The number of anilines is 1. The first-order valence-electron chi connectivity index (χ1n) is 8.78. The summed E-state index contributed by atoms with van der Waals surface area (Å²) in [6.45, 7) is 1.92. The third-order valence-electron chi connectivity index (χ3n) is 3.89. The summed E-state index contributed by atoms with van der Waals surface area (Å²) in [5.74, 6) is -0.439. The van der Waals surface area contributed by atoms with Gasteiger partial charge in [-0.1, -0.05) is 55.1 Å². The summed E-state index contributed by atoms with van der Waals surface area (Å²) in [5.41, 5.74) is 2.62. The molecule has 28 heavy (non-hydrogen) atoms. The molecule has 0 spiro atoms. The molecule has 0 aliphatic heterocycles. The Hall–Kier alpha value is -3.20. The Balaban J connectivity index is 1.48. The molecule has 1 heterocycles. The number of carbonyl (C=O) groups is 2. The minimum atomic E-state index is -0.272. The van der Waals surface area contributed by atoms with E-state index in [1.54, 1.807) is 4.68 Å². The van der Waals surface area contributed by atoms with Gasteiger partial charge in [-0.2, -0.15) is 4.68 Å². The van der Waals surface area contributed by atoms with Crippen molar-refractivity contribution < 1.29 is 9.59 Å². The van der Waals surface area contributed by atoms with E-state index < -0.39 is 0 Å². The zero-order chi connectivity index (χ0) is 19.8. The van der Waals surface area contributed by atoms with Crippen LogP contribution in [0, 0.1) is 0 Å². The Labute approximate surface area is 166 Å². The molecule has 0 radical (unpaired) electrons. The molecular weight excluding hydrogens is 376 g/mol. The summed E-state index contributed by atoms with van der Waals surface area (Å²) in [5, 5.41) is 17.5. The number of aryl methyl sites for hydroxylation is 1. The highest BCUT2D eigenvalue weighted by Crippen LogP contribution is 2.17. The number of hydrogen-bond acceptors (Lipinski definition) is 6. The Morgan fingerprint density at radius 2 is 1.79 bits per heavy atom. The van der Waals surface area contributed by atoms with E-state index in [1.807, 2.05) is 61.5 Å². The fraction of sp³-hybridized carbons (Fsp3) is 0.211. The van der Waals surface area contributed by atoms with Crippen LogP contribution < -0.4 is 10.6 Å². The number of nitrogens with one attached hydrogen (secondary N) is 2. The van der Waals surface area contributed by atoms with Crippen molar-refractivity contribution in [3.8, 4) is 5.69 Å². The van der Waals surface area contributed by atoms with Crippen molar-refractivity contribution in [3.63, 3.8) is 0 Å². The maximum atomic E-state index is 12.1. The molecule has 1 aromatic heterocycles. The number of benzene rings is 2. The fourth-order valence-corrected chi connectivity index (χ4v) is 3.23. The SMILES string of the molecule is CCc1ccccc1NC(=O)CNC(=O)CSc1nnnn1-c1ccccc1. The second-order valence-electron chi connectivity index (χ2n) is 5.83. The van der Waals surface area contributed by atoms with Crippen molar-refractivity contribution in [1.29, 1.82) is 0 Å². The summed E-state index contributed by atoms with van der Waals surface area (Å²) in [4.78, 5) is 24.2. The van der Waals surface area contributed by atoms with Crippen LogP contribution in [0.3, 0.4) is 0 Å². The lowest BCUT2D eigenvalue weighted by Crippen LogP contribution is -2.34. The molecule has 0 fully saturated rings. The van der Waals surface area contributed by atoms with E-state index in [-0.39, 0.29) is 24.1 Å². The third-order valence-corrected chi connectivity index (χ3v) is 4.81. The number of tetrazole rings is 1. The van der Waals surface area contributed by atoms with E-state index in [4.69, 9.17) is 0 Å². The van der Waals surface area contributed by atoms with Gasteiger partial charge in [0.1, 0.15) is 0 Å². The lowest BCUT2D eigenvalue weighted by atomic mass is 10.1. The molecule has 9 heteroatoms. The second-order valence-corrected chi connectivity index (χ2v) is 6.78. The maximum absolute atomic E-state index is 12.1. The van der Waals surface area contributed by atoms with Gasteiger partial charge in [-0.15, -0.1) is 5.10 Å². The van der Waals surface area contributed by atoms with Gasteiger partial charge in [0, 0.05) is 5.69 Å². The molecule has 3 aromatic rings. The molecule has 0 aliphatic rings. The van der Waals surface area contributed by atoms with Crippen molar-refractivity contribution in [2.75, 3.05) is 17.6 Å². The highest BCUT2D eigenvalue weighted by molar-refractivity contribution is 7.99. The quantitative estimate of drug-likeness (QED) is 0.565. The highest BCUT2D eigenvalue weighted by Gasteiger charge is 2.12. The van der Waals surface area contributed by atoms with Crippen molar-refractivity contribution >= 4 is 29.3 Å². The van der Waals surface area contributed by atoms with Crippen LogP contribution >= 0.6 is 11.8 Å². The molecule has 0 bridgehead atoms. The lowest BCUT2D eigenvalue weighted by Gasteiger charge is -2.10. The Bertz CT molecular complexity index is 944. The summed E-state index contributed by atoms with van der Waals surface area (Å²) in [6, 6.07) is 17.0. The number of para-hydroxylation sites is 2. The van der Waals surface area contributed by atoms with Gasteiger partial charge in [0.05, 0.1) is 18.0 Å². The van der Waals surface area contributed by atoms with Crippen molar-refractivity contribution in [3.05, 3.63) is 60.2 Å². The van der Waals surface area contributed by atoms with Crippen LogP contribution in [0.4, 0.5) is 5.69 Å². The molecule has 3 rings (SSSR count). The lowest BCUT2D eigenvalue weighted by molar-refractivity contribution is -0.122. The van der Waals surface area contributed by atoms with Crippen LogP contribution in [0.2, 0.25) is 0 Å². The summed E-state index contributed by atoms with van der Waals surface area (Å²) in [7, 11) is 0. The Kier molecular flexibility index (Phi) is 6.74. The Morgan fingerprint density at radius 1 is 1.04 bits per heavy atom. The first kappa shape index (κ1) is 19.6. The molecule has 2 aromatic carbocycles. The second kappa shape index (κ2) is 9.65. The highest BCUT2D eigenvalue weighted by atomic mass is 32.2. The summed E-state index contributed by atoms with van der Waals surface area (Å²) >= 11 is 1.20. The molecule has 0 atom stereocenters. The average Bonchev–Trinajstić information content (AvgIpc) is 3.20. The van der Waals surface area contributed by atoms with Gasteiger partial charge < -0.3 is 10.6 Å². The van der Waals surface area contributed by atoms with Crippen LogP contribution in [0.5, 0.6) is 0 Å². The predicted molar refractivity (Wildman–Crippen MR) is 107 cm³/mol. The minimum absolute atomic E-state index is 0.0962. The van der Waals surface area contributed by atoms with E-state index in [9.17, 15) is 9.59 Å². The standard InChI is InChI=1S/C19H20N6O2S/c1-2-14-8-6-7-11-16(14)21-17(26)12-20-18(27)13-28-19-22-23-24-25(19)15-9-4-3-5-10-15/h3-11H,2,12-13H2,1H3,(H,20,27)(H,21,26). The fourth-order valence-electron chi connectivity index (χ4n) is 2.51. The van der Waals surface area contributed by atoms with E-state index in [0.29, 0.717) is 5.16 Å². The van der Waals surface area contributed by atoms with E-state index in [0.717, 1.165) is 23.4 Å². The van der Waals surface area contributed by atoms with Gasteiger partial charge in [0.2, 0.25) is 17.0 Å². The number of nitrogens with zero attached hydrogens (tertiary/aromatic N) is 4. The van der Waals surface area contributed by atoms with Crippen LogP contribution in [-0.4, -0.2) is 44.3 Å². The number of thioether (sulfide) groups is 1. The van der Waals surface area contributed by atoms with Gasteiger partial charge in [-0.25, -0.2) is 0 Å². The Morgan fingerprint density at radius 3 is 2.57 bits per heavy atom. The monoisotopic (exact) mass is 396 g/mol. The van der Waals surface area contributed by atoms with Crippen LogP contribution in [-0.2, 0) is 16.0 Å². The molecule has 2 N–H and O–H groups in total. The van der Waals surface area contributed by atoms with Crippen molar-refractivity contribution in [1.82, 2.24) is 25.5 Å². The molecule has 0 aliphatic carbocycles. The van der Waals surface area contributed by atoms with E-state index in [1.165, 1.54) is 11.8 Å². The van der Waals surface area contributed by atoms with Gasteiger partial charge in [-0.3, -0.25) is 9.59 Å². The van der Waals surface area contributed by atoms with Crippen LogP contribution in [0.1, 0.15) is 12.5 Å². The van der Waals surface area contributed by atoms with Crippen LogP contribution in [0.15, 0.2) is 59.8 Å². The number of rotatable bonds is 8. The summed E-state index contributed by atoms with van der Waals surface area (Å²) < 4.78 is 1.56. The molecule has 2 amide bonds. The molecular formula is C19H20N6O2S. The first-order chi connectivity index (χ1) is 13.7. The zero-order valence-corrected chi connectivity index (χ0v) is 16.1. The molecule has 8 nitrogen and oxygen atoms in total. The topological polar surface area (TPSA) is 102 Å². The van der Waals surface area contributed by atoms with E-state index >= 15 is 0 Å².